The van der Waals surface area contributed by atoms with E-state index >= 15 is 0 Å². The number of halogens is 2. The van der Waals surface area contributed by atoms with Crippen LogP contribution in [0.3, 0.4) is 0 Å². The van der Waals surface area contributed by atoms with Crippen LogP contribution in [0.2, 0.25) is 0 Å². The SMILES string of the molecule is CCN1CCCC1CNC(=O)CCc1ccccc1N.Cl.Cl. The summed E-state index contributed by atoms with van der Waals surface area (Å²) in [5, 5.41) is 3.06. The number of aryl methyl sites for hydroxylation is 1. The van der Waals surface area contributed by atoms with Gasteiger partial charge < -0.3 is 11.1 Å². The number of nitrogen functional groups attached to an aromatic ring is 1. The molecule has 1 aliphatic rings. The minimum absolute atomic E-state index is 0. The molecule has 1 atom stereocenters. The summed E-state index contributed by atoms with van der Waals surface area (Å²) in [4.78, 5) is 14.3. The molecule has 3 N–H and O–H groups in total. The summed E-state index contributed by atoms with van der Waals surface area (Å²) in [7, 11) is 0. The van der Waals surface area contributed by atoms with E-state index in [-0.39, 0.29) is 30.7 Å². The smallest absolute Gasteiger partial charge is 0.220 e. The molecule has 6 heteroatoms. The first-order valence-corrected chi connectivity index (χ1v) is 7.55. The first kappa shape index (κ1) is 21.0. The molecule has 1 saturated heterocycles. The van der Waals surface area contributed by atoms with Crippen molar-refractivity contribution < 1.29 is 4.79 Å². The summed E-state index contributed by atoms with van der Waals surface area (Å²) in [5.41, 5.74) is 7.70. The van der Waals surface area contributed by atoms with Gasteiger partial charge in [0.1, 0.15) is 0 Å². The van der Waals surface area contributed by atoms with Crippen LogP contribution in [0.25, 0.3) is 0 Å². The lowest BCUT2D eigenvalue weighted by atomic mass is 10.1. The Labute approximate surface area is 145 Å². The van der Waals surface area contributed by atoms with Crippen molar-refractivity contribution in [3.05, 3.63) is 29.8 Å². The zero-order valence-electron chi connectivity index (χ0n) is 13.1. The number of anilines is 1. The number of nitrogens with two attached hydrogens (primary N) is 1. The highest BCUT2D eigenvalue weighted by Gasteiger charge is 2.22. The second-order valence-corrected chi connectivity index (χ2v) is 5.43. The predicted molar refractivity (Wildman–Crippen MR) is 97.0 cm³/mol. The Bertz CT molecular complexity index is 457. The fraction of sp³-hybridized carbons (Fsp3) is 0.562. The summed E-state index contributed by atoms with van der Waals surface area (Å²) in [5.74, 6) is 0.121. The molecule has 0 aliphatic carbocycles. The van der Waals surface area contributed by atoms with Crippen LogP contribution in [0.1, 0.15) is 31.7 Å². The van der Waals surface area contributed by atoms with Gasteiger partial charge in [-0.1, -0.05) is 25.1 Å². The van der Waals surface area contributed by atoms with Crippen LogP contribution >= 0.6 is 24.8 Å². The molecule has 2 rings (SSSR count). The summed E-state index contributed by atoms with van der Waals surface area (Å²) < 4.78 is 0. The number of nitrogens with zero attached hydrogens (tertiary/aromatic N) is 1. The van der Waals surface area contributed by atoms with Crippen molar-refractivity contribution in [1.82, 2.24) is 10.2 Å². The molecule has 0 bridgehead atoms. The molecule has 126 valence electrons. The van der Waals surface area contributed by atoms with E-state index in [4.69, 9.17) is 5.73 Å². The number of rotatable bonds is 6. The summed E-state index contributed by atoms with van der Waals surface area (Å²) >= 11 is 0. The van der Waals surface area contributed by atoms with Crippen LogP contribution in [-0.4, -0.2) is 36.5 Å². The Kier molecular flexibility index (Phi) is 10.2. The van der Waals surface area contributed by atoms with Crippen LogP contribution < -0.4 is 11.1 Å². The topological polar surface area (TPSA) is 58.4 Å². The third kappa shape index (κ3) is 6.03. The van der Waals surface area contributed by atoms with Crippen molar-refractivity contribution in [1.29, 1.82) is 0 Å². The van der Waals surface area contributed by atoms with Crippen molar-refractivity contribution in [2.75, 3.05) is 25.4 Å². The first-order valence-electron chi connectivity index (χ1n) is 7.55. The van der Waals surface area contributed by atoms with Gasteiger partial charge >= 0.3 is 0 Å². The van der Waals surface area contributed by atoms with Gasteiger partial charge in [-0.25, -0.2) is 0 Å². The van der Waals surface area contributed by atoms with Crippen LogP contribution in [0.5, 0.6) is 0 Å². The number of likely N-dealkylation sites (N-methyl/N-ethyl adjacent to an activating group) is 1. The van der Waals surface area contributed by atoms with Gasteiger partial charge in [-0.05, 0) is 44.0 Å². The molecular weight excluding hydrogens is 321 g/mol. The predicted octanol–water partition coefficient (Wildman–Crippen LogP) is 2.65. The molecule has 0 radical (unpaired) electrons. The van der Waals surface area contributed by atoms with E-state index in [1.807, 2.05) is 24.3 Å². The first-order chi connectivity index (χ1) is 9.70. The second kappa shape index (κ2) is 10.7. The van der Waals surface area contributed by atoms with Gasteiger partial charge in [-0.15, -0.1) is 24.8 Å². The third-order valence-corrected chi connectivity index (χ3v) is 4.12. The maximum atomic E-state index is 11.9. The molecule has 1 fully saturated rings. The number of carbonyl (C=O) groups excluding carboxylic acids is 1. The van der Waals surface area contributed by atoms with Gasteiger partial charge in [0.15, 0.2) is 0 Å². The zero-order valence-corrected chi connectivity index (χ0v) is 14.7. The van der Waals surface area contributed by atoms with Gasteiger partial charge in [0.25, 0.3) is 0 Å². The largest absolute Gasteiger partial charge is 0.399 e. The van der Waals surface area contributed by atoms with Crippen LogP contribution in [-0.2, 0) is 11.2 Å². The molecule has 22 heavy (non-hydrogen) atoms. The van der Waals surface area contributed by atoms with E-state index in [2.05, 4.69) is 17.1 Å². The standard InChI is InChI=1S/C16H25N3O.2ClH/c1-2-19-11-5-7-14(19)12-18-16(20)10-9-13-6-3-4-8-15(13)17;;/h3-4,6,8,14H,2,5,7,9-12,17H2,1H3,(H,18,20);2*1H. The Morgan fingerprint density at radius 3 is 2.77 bits per heavy atom. The van der Waals surface area contributed by atoms with Crippen LogP contribution in [0.4, 0.5) is 5.69 Å². The highest BCUT2D eigenvalue weighted by atomic mass is 35.5. The second-order valence-electron chi connectivity index (χ2n) is 5.43. The molecule has 1 amide bonds. The number of nitrogens with one attached hydrogen (secondary N) is 1. The number of para-hydroxylation sites is 1. The normalized spacial score (nSPS) is 17.4. The number of benzene rings is 1. The molecule has 1 aromatic rings. The van der Waals surface area contributed by atoms with Gasteiger partial charge in [-0.3, -0.25) is 9.69 Å². The number of amides is 1. The minimum atomic E-state index is 0. The fourth-order valence-corrected chi connectivity index (χ4v) is 2.87. The van der Waals surface area contributed by atoms with Crippen molar-refractivity contribution in [2.24, 2.45) is 0 Å². The lowest BCUT2D eigenvalue weighted by molar-refractivity contribution is -0.121. The molecule has 0 aromatic heterocycles. The summed E-state index contributed by atoms with van der Waals surface area (Å²) in [6, 6.07) is 8.26. The maximum absolute atomic E-state index is 11.9. The molecule has 0 spiro atoms. The zero-order chi connectivity index (χ0) is 14.4. The van der Waals surface area contributed by atoms with Gasteiger partial charge in [-0.2, -0.15) is 0 Å². The Hall–Kier alpha value is -0.970. The molecular formula is C16H27Cl2N3O. The third-order valence-electron chi connectivity index (χ3n) is 4.12. The minimum Gasteiger partial charge on any atom is -0.399 e. The van der Waals surface area contributed by atoms with E-state index in [9.17, 15) is 4.79 Å². The van der Waals surface area contributed by atoms with E-state index in [0.29, 0.717) is 18.9 Å². The highest BCUT2D eigenvalue weighted by molar-refractivity contribution is 5.85. The highest BCUT2D eigenvalue weighted by Crippen LogP contribution is 2.16. The van der Waals surface area contributed by atoms with E-state index in [1.165, 1.54) is 12.8 Å². The van der Waals surface area contributed by atoms with E-state index in [0.717, 1.165) is 30.9 Å². The average Bonchev–Trinajstić information content (AvgIpc) is 2.91. The van der Waals surface area contributed by atoms with Gasteiger partial charge in [0, 0.05) is 24.7 Å². The molecule has 1 unspecified atom stereocenters. The lowest BCUT2D eigenvalue weighted by Gasteiger charge is -2.22. The molecule has 4 nitrogen and oxygen atoms in total. The van der Waals surface area contributed by atoms with Crippen molar-refractivity contribution in [3.8, 4) is 0 Å². The molecule has 1 aliphatic heterocycles. The Balaban J connectivity index is 0.00000220. The van der Waals surface area contributed by atoms with Crippen LogP contribution in [0.15, 0.2) is 24.3 Å². The van der Waals surface area contributed by atoms with Crippen molar-refractivity contribution >= 4 is 36.4 Å². The van der Waals surface area contributed by atoms with Crippen molar-refractivity contribution in [3.63, 3.8) is 0 Å². The number of hydrogen-bond donors (Lipinski definition) is 2. The van der Waals surface area contributed by atoms with Crippen molar-refractivity contribution in [2.45, 2.75) is 38.6 Å². The quantitative estimate of drug-likeness (QED) is 0.777. The fourth-order valence-electron chi connectivity index (χ4n) is 2.87. The average molecular weight is 348 g/mol. The number of hydrogen-bond acceptors (Lipinski definition) is 3. The maximum Gasteiger partial charge on any atom is 0.220 e. The Morgan fingerprint density at radius 1 is 1.36 bits per heavy atom. The van der Waals surface area contributed by atoms with E-state index < -0.39 is 0 Å². The molecule has 0 saturated carbocycles. The molecule has 1 heterocycles. The van der Waals surface area contributed by atoms with Gasteiger partial charge in [0.2, 0.25) is 5.91 Å². The van der Waals surface area contributed by atoms with Gasteiger partial charge in [0.05, 0.1) is 0 Å². The Morgan fingerprint density at radius 2 is 2.09 bits per heavy atom. The number of carbonyl (C=O) groups is 1. The molecule has 1 aromatic carbocycles. The monoisotopic (exact) mass is 347 g/mol. The summed E-state index contributed by atoms with van der Waals surface area (Å²) in [6.07, 6.45) is 3.66. The van der Waals surface area contributed by atoms with E-state index in [1.54, 1.807) is 0 Å². The lowest BCUT2D eigenvalue weighted by Crippen LogP contribution is -2.40. The summed E-state index contributed by atoms with van der Waals surface area (Å²) in [6.45, 7) is 5.19. The van der Waals surface area contributed by atoms with Crippen LogP contribution in [0, 0.1) is 0 Å². The number of likely N-dealkylation sites (tertiary alicyclic amines) is 1.